The Hall–Kier alpha value is 0.680. The summed E-state index contributed by atoms with van der Waals surface area (Å²) in [7, 11) is 0. The molecule has 3 fully saturated rings. The number of hydrogen-bond acceptors (Lipinski definition) is 1. The highest BCUT2D eigenvalue weighted by molar-refractivity contribution is 8.01. The van der Waals surface area contributed by atoms with Crippen molar-refractivity contribution in [2.24, 2.45) is 0 Å². The molecule has 0 heterocycles. The lowest BCUT2D eigenvalue weighted by Gasteiger charge is -2.51. The largest absolute Gasteiger partial charge is 0.396 e. The van der Waals surface area contributed by atoms with Crippen molar-refractivity contribution in [1.82, 2.24) is 0 Å². The van der Waals surface area contributed by atoms with Crippen LogP contribution in [0.1, 0.15) is 103 Å². The van der Waals surface area contributed by atoms with Gasteiger partial charge in [-0.25, -0.2) is 0 Å². The monoisotopic (exact) mass is 359 g/mol. The predicted molar refractivity (Wildman–Crippen MR) is 104 cm³/mol. The third kappa shape index (κ3) is 3.63. The molecule has 0 spiro atoms. The SMILES string of the molecule is OCCC1([P+](Cl)(C2CCCCC2)C2CCCCC2)CCCCC1. The van der Waals surface area contributed by atoms with Gasteiger partial charge in [0.2, 0.25) is 0 Å². The van der Waals surface area contributed by atoms with E-state index in [0.29, 0.717) is 11.8 Å². The van der Waals surface area contributed by atoms with Crippen LogP contribution in [-0.4, -0.2) is 28.2 Å². The van der Waals surface area contributed by atoms with E-state index in [9.17, 15) is 5.11 Å². The predicted octanol–water partition coefficient (Wildman–Crippen LogP) is 6.91. The fraction of sp³-hybridized carbons (Fsp3) is 1.00. The lowest BCUT2D eigenvalue weighted by Crippen LogP contribution is -2.43. The molecule has 1 N–H and O–H groups in total. The summed E-state index contributed by atoms with van der Waals surface area (Å²) in [4.78, 5) is 0. The number of hydrogen-bond donors (Lipinski definition) is 1. The van der Waals surface area contributed by atoms with E-state index in [4.69, 9.17) is 11.2 Å². The van der Waals surface area contributed by atoms with Crippen LogP contribution in [-0.2, 0) is 0 Å². The van der Waals surface area contributed by atoms with Gasteiger partial charge >= 0.3 is 0 Å². The van der Waals surface area contributed by atoms with Crippen LogP contribution in [0.2, 0.25) is 0 Å². The smallest absolute Gasteiger partial charge is 0.125 e. The average Bonchev–Trinajstić information content (AvgIpc) is 2.63. The molecule has 0 atom stereocenters. The van der Waals surface area contributed by atoms with Gasteiger partial charge in [0.05, 0.1) is 27.7 Å². The van der Waals surface area contributed by atoms with Crippen LogP contribution in [0, 0.1) is 0 Å². The molecule has 3 aliphatic carbocycles. The fourth-order valence-corrected chi connectivity index (χ4v) is 13.9. The highest BCUT2D eigenvalue weighted by Gasteiger charge is 2.65. The Balaban J connectivity index is 1.93. The van der Waals surface area contributed by atoms with E-state index in [2.05, 4.69) is 0 Å². The van der Waals surface area contributed by atoms with Crippen molar-refractivity contribution >= 4 is 17.9 Å². The molecule has 3 aliphatic rings. The Kier molecular flexibility index (Phi) is 6.72. The molecule has 1 nitrogen and oxygen atoms in total. The molecule has 3 heteroatoms. The Labute approximate surface area is 149 Å². The summed E-state index contributed by atoms with van der Waals surface area (Å²) in [6, 6.07) is 0. The van der Waals surface area contributed by atoms with Gasteiger partial charge in [0, 0.05) is 13.0 Å². The molecule has 0 amide bonds. The highest BCUT2D eigenvalue weighted by atomic mass is 35.7. The second kappa shape index (κ2) is 8.37. The zero-order chi connectivity index (χ0) is 16.2. The molecule has 3 rings (SSSR count). The number of rotatable bonds is 5. The maximum absolute atomic E-state index is 9.90. The summed E-state index contributed by atoms with van der Waals surface area (Å²) in [5.74, 6) is 0. The lowest BCUT2D eigenvalue weighted by atomic mass is 9.86. The minimum absolute atomic E-state index is 0.325. The van der Waals surface area contributed by atoms with E-state index >= 15 is 0 Å². The first-order chi connectivity index (χ1) is 11.2. The quantitative estimate of drug-likeness (QED) is 0.529. The molecule has 0 radical (unpaired) electrons. The second-order valence-electron chi connectivity index (χ2n) is 8.53. The van der Waals surface area contributed by atoms with Crippen LogP contribution >= 0.6 is 17.9 Å². The van der Waals surface area contributed by atoms with Crippen molar-refractivity contribution in [2.45, 2.75) is 119 Å². The van der Waals surface area contributed by atoms with Crippen LogP contribution in [0.25, 0.3) is 0 Å². The number of halogens is 1. The minimum atomic E-state index is -1.53. The summed E-state index contributed by atoms with van der Waals surface area (Å²) >= 11 is 7.91. The summed E-state index contributed by atoms with van der Waals surface area (Å²) in [5, 5.41) is 10.2. The van der Waals surface area contributed by atoms with Gasteiger partial charge in [-0.1, -0.05) is 19.3 Å². The molecular formula is C20H37ClOP+. The van der Waals surface area contributed by atoms with Crippen molar-refractivity contribution in [2.75, 3.05) is 6.61 Å². The first kappa shape index (κ1) is 18.5. The second-order valence-corrected chi connectivity index (χ2v) is 14.0. The normalized spacial score (nSPS) is 27.9. The maximum atomic E-state index is 9.90. The third-order valence-corrected chi connectivity index (χ3v) is 15.3. The minimum Gasteiger partial charge on any atom is -0.396 e. The van der Waals surface area contributed by atoms with Crippen LogP contribution in [0.15, 0.2) is 0 Å². The Morgan fingerprint density at radius 2 is 1.17 bits per heavy atom. The standard InChI is InChI=1S/C20H37ClOP/c21-23(18-10-4-1-5-11-18,19-12-6-2-7-13-19)20(16-17-22)14-8-3-9-15-20/h18-19,22H,1-17H2/q+1. The number of aliphatic hydroxyl groups is 1. The third-order valence-electron chi connectivity index (χ3n) is 7.30. The topological polar surface area (TPSA) is 20.2 Å². The van der Waals surface area contributed by atoms with Gasteiger partial charge in [0.1, 0.15) is 6.62 Å². The molecule has 0 aromatic heterocycles. The summed E-state index contributed by atoms with van der Waals surface area (Å²) in [6.45, 7) is -1.18. The van der Waals surface area contributed by atoms with Crippen molar-refractivity contribution in [3.8, 4) is 0 Å². The molecule has 0 saturated heterocycles. The van der Waals surface area contributed by atoms with Crippen LogP contribution in [0.5, 0.6) is 0 Å². The van der Waals surface area contributed by atoms with E-state index in [0.717, 1.165) is 17.7 Å². The van der Waals surface area contributed by atoms with Crippen molar-refractivity contribution in [1.29, 1.82) is 0 Å². The molecule has 0 bridgehead atoms. The summed E-state index contributed by atoms with van der Waals surface area (Å²) in [6.07, 6.45) is 21.7. The zero-order valence-electron chi connectivity index (χ0n) is 14.9. The van der Waals surface area contributed by atoms with Gasteiger partial charge in [0.25, 0.3) is 0 Å². The van der Waals surface area contributed by atoms with Crippen molar-refractivity contribution in [3.63, 3.8) is 0 Å². The van der Waals surface area contributed by atoms with E-state index in [1.807, 2.05) is 0 Å². The fourth-order valence-electron chi connectivity index (χ4n) is 6.17. The van der Waals surface area contributed by atoms with E-state index in [-0.39, 0.29) is 0 Å². The molecule has 23 heavy (non-hydrogen) atoms. The van der Waals surface area contributed by atoms with Gasteiger partial charge in [-0.3, -0.25) is 0 Å². The van der Waals surface area contributed by atoms with Gasteiger partial charge < -0.3 is 5.11 Å². The summed E-state index contributed by atoms with van der Waals surface area (Å²) < 4.78 is 0. The van der Waals surface area contributed by atoms with E-state index in [1.165, 1.54) is 96.3 Å². The van der Waals surface area contributed by atoms with Crippen LogP contribution in [0.4, 0.5) is 0 Å². The van der Waals surface area contributed by atoms with Crippen LogP contribution < -0.4 is 0 Å². The molecule has 0 aliphatic heterocycles. The molecule has 0 aromatic rings. The van der Waals surface area contributed by atoms with Crippen molar-refractivity contribution in [3.05, 3.63) is 0 Å². The van der Waals surface area contributed by atoms with Gasteiger partial charge in [-0.2, -0.15) is 0 Å². The Bertz CT molecular complexity index is 331. The molecular weight excluding hydrogens is 323 g/mol. The van der Waals surface area contributed by atoms with Gasteiger partial charge in [-0.05, 0) is 77.0 Å². The molecule has 0 aromatic carbocycles. The first-order valence-electron chi connectivity index (χ1n) is 10.4. The highest BCUT2D eigenvalue weighted by Crippen LogP contribution is 2.86. The van der Waals surface area contributed by atoms with Gasteiger partial charge in [0.15, 0.2) is 0 Å². The molecule has 0 unspecified atom stereocenters. The molecule has 134 valence electrons. The van der Waals surface area contributed by atoms with Crippen LogP contribution in [0.3, 0.4) is 0 Å². The van der Waals surface area contributed by atoms with E-state index in [1.54, 1.807) is 0 Å². The number of aliphatic hydroxyl groups excluding tert-OH is 1. The average molecular weight is 360 g/mol. The molecule has 3 saturated carbocycles. The van der Waals surface area contributed by atoms with Crippen molar-refractivity contribution < 1.29 is 5.11 Å². The summed E-state index contributed by atoms with van der Waals surface area (Å²) in [5.41, 5.74) is 1.62. The maximum Gasteiger partial charge on any atom is 0.125 e. The Morgan fingerprint density at radius 1 is 0.739 bits per heavy atom. The van der Waals surface area contributed by atoms with E-state index < -0.39 is 6.62 Å². The zero-order valence-corrected chi connectivity index (χ0v) is 16.6. The first-order valence-corrected chi connectivity index (χ1v) is 13.3. The lowest BCUT2D eigenvalue weighted by molar-refractivity contribution is 0.240. The Morgan fingerprint density at radius 3 is 1.61 bits per heavy atom. The van der Waals surface area contributed by atoms with Gasteiger partial charge in [-0.15, -0.1) is 0 Å².